The fourth-order valence-corrected chi connectivity index (χ4v) is 4.44. The number of primary amides is 1. The van der Waals surface area contributed by atoms with Crippen molar-refractivity contribution in [3.63, 3.8) is 0 Å². The van der Waals surface area contributed by atoms with Crippen LogP contribution in [0.3, 0.4) is 0 Å². The Morgan fingerprint density at radius 2 is 1.76 bits per heavy atom. The van der Waals surface area contributed by atoms with Gasteiger partial charge in [-0.1, -0.05) is 44.0 Å². The average Bonchev–Trinajstić information content (AvgIpc) is 3.07. The first-order chi connectivity index (χ1) is 15.7. The molecule has 0 bridgehead atoms. The second-order valence-electron chi connectivity index (χ2n) is 8.22. The molecule has 4 aromatic rings. The minimum Gasteiger partial charge on any atom is -0.366 e. The number of hydrogen-bond acceptors (Lipinski definition) is 1. The summed E-state index contributed by atoms with van der Waals surface area (Å²) >= 11 is 0. The smallest absolute Gasteiger partial charge is 0.366 e. The molecule has 0 spiro atoms. The Bertz CT molecular complexity index is 1340. The van der Waals surface area contributed by atoms with E-state index in [1.807, 2.05) is 18.2 Å². The van der Waals surface area contributed by atoms with Crippen LogP contribution in [-0.2, 0) is 19.1 Å². The summed E-state index contributed by atoms with van der Waals surface area (Å²) in [7, 11) is 0. The molecule has 0 unspecified atom stereocenters. The summed E-state index contributed by atoms with van der Waals surface area (Å²) in [5.74, 6) is -1.56. The number of fused-ring (bicyclic) bond motifs is 3. The number of hydrogen-bond donors (Lipinski definition) is 1. The third kappa shape index (κ3) is 4.32. The van der Waals surface area contributed by atoms with Crippen LogP contribution in [-0.4, -0.2) is 10.5 Å². The Labute approximate surface area is 188 Å². The van der Waals surface area contributed by atoms with Crippen molar-refractivity contribution in [3.8, 4) is 0 Å². The number of benzene rings is 3. The zero-order valence-corrected chi connectivity index (χ0v) is 18.2. The first-order valence-corrected chi connectivity index (χ1v) is 10.9. The number of carbonyl (C=O) groups is 1. The molecule has 0 aliphatic carbocycles. The molecule has 1 amide bonds. The Balaban J connectivity index is 1.98. The van der Waals surface area contributed by atoms with Gasteiger partial charge in [0.2, 0.25) is 5.91 Å². The van der Waals surface area contributed by atoms with E-state index in [9.17, 15) is 22.4 Å². The zero-order valence-electron chi connectivity index (χ0n) is 18.2. The van der Waals surface area contributed by atoms with Crippen molar-refractivity contribution < 1.29 is 22.4 Å². The maximum atomic E-state index is 14.7. The topological polar surface area (TPSA) is 48.0 Å². The van der Waals surface area contributed by atoms with E-state index >= 15 is 0 Å². The highest BCUT2D eigenvalue weighted by atomic mass is 19.4. The van der Waals surface area contributed by atoms with Gasteiger partial charge in [0.1, 0.15) is 5.82 Å². The van der Waals surface area contributed by atoms with Gasteiger partial charge in [-0.25, -0.2) is 4.39 Å². The number of alkyl halides is 3. The number of rotatable bonds is 7. The molecule has 0 radical (unpaired) electrons. The van der Waals surface area contributed by atoms with Gasteiger partial charge in [0, 0.05) is 27.4 Å². The predicted octanol–water partition coefficient (Wildman–Crippen LogP) is 6.83. The zero-order chi connectivity index (χ0) is 23.8. The molecule has 0 saturated carbocycles. The van der Waals surface area contributed by atoms with Crippen LogP contribution in [0.1, 0.15) is 53.2 Å². The summed E-state index contributed by atoms with van der Waals surface area (Å²) in [5.41, 5.74) is 6.62. The van der Waals surface area contributed by atoms with Crippen molar-refractivity contribution in [3.05, 3.63) is 82.7 Å². The normalized spacial score (nSPS) is 12.0. The van der Waals surface area contributed by atoms with Crippen LogP contribution in [0.5, 0.6) is 0 Å². The van der Waals surface area contributed by atoms with E-state index in [1.165, 1.54) is 0 Å². The fraction of sp³-hybridized carbons (Fsp3) is 0.269. The fourth-order valence-electron chi connectivity index (χ4n) is 4.44. The molecule has 0 atom stereocenters. The van der Waals surface area contributed by atoms with E-state index in [1.54, 1.807) is 22.8 Å². The molecule has 1 aromatic heterocycles. The van der Waals surface area contributed by atoms with Crippen LogP contribution in [0.25, 0.3) is 21.8 Å². The first kappa shape index (κ1) is 22.8. The summed E-state index contributed by atoms with van der Waals surface area (Å²) in [5, 5.41) is 1.26. The molecule has 33 heavy (non-hydrogen) atoms. The third-order valence-corrected chi connectivity index (χ3v) is 6.03. The van der Waals surface area contributed by atoms with Crippen LogP contribution in [0.4, 0.5) is 17.6 Å². The van der Waals surface area contributed by atoms with Gasteiger partial charge in [0.05, 0.1) is 17.6 Å². The number of nitrogens with zero attached hydrogens (tertiary/aromatic N) is 1. The molecule has 1 heterocycles. The van der Waals surface area contributed by atoms with Gasteiger partial charge >= 0.3 is 6.18 Å². The molecular weight excluding hydrogens is 432 g/mol. The molecule has 3 nitrogen and oxygen atoms in total. The maximum Gasteiger partial charge on any atom is 0.416 e. The molecule has 0 aliphatic heterocycles. The van der Waals surface area contributed by atoms with Crippen molar-refractivity contribution >= 4 is 27.7 Å². The van der Waals surface area contributed by atoms with Crippen LogP contribution in [0.15, 0.2) is 54.6 Å². The lowest BCUT2D eigenvalue weighted by Crippen LogP contribution is -2.14. The van der Waals surface area contributed by atoms with Gasteiger partial charge in [0.25, 0.3) is 0 Å². The number of carbonyl (C=O) groups excluding carboxylic acids is 1. The SMILES string of the molecule is CCCCCc1ccc2c3c(C(N)=O)cccc3n(Cc3c(F)cccc3C(F)(F)F)c2c1. The van der Waals surface area contributed by atoms with E-state index < -0.39 is 29.0 Å². The van der Waals surface area contributed by atoms with E-state index in [4.69, 9.17) is 5.73 Å². The Kier molecular flexibility index (Phi) is 6.15. The van der Waals surface area contributed by atoms with Crippen LogP contribution in [0.2, 0.25) is 0 Å². The van der Waals surface area contributed by atoms with E-state index in [0.29, 0.717) is 21.8 Å². The molecule has 4 rings (SSSR count). The molecule has 3 aromatic carbocycles. The van der Waals surface area contributed by atoms with E-state index in [-0.39, 0.29) is 12.1 Å². The summed E-state index contributed by atoms with van der Waals surface area (Å²) < 4.78 is 57.3. The van der Waals surface area contributed by atoms with Crippen LogP contribution < -0.4 is 5.73 Å². The summed E-state index contributed by atoms with van der Waals surface area (Å²) in [4.78, 5) is 12.1. The van der Waals surface area contributed by atoms with Crippen LogP contribution >= 0.6 is 0 Å². The standard InChI is InChI=1S/C26H24F4N2O/c1-2-3-4-7-16-12-13-17-23(14-16)32(22-11-5-8-18(24(17)22)25(31)33)15-19-20(26(28,29)30)9-6-10-21(19)27/h5-6,8-14H,2-4,7,15H2,1H3,(H2,31,33). The third-order valence-electron chi connectivity index (χ3n) is 6.03. The molecular formula is C26H24F4N2O. The number of unbranched alkanes of at least 4 members (excludes halogenated alkanes) is 2. The van der Waals surface area contributed by atoms with Crippen molar-refractivity contribution in [2.75, 3.05) is 0 Å². The molecule has 0 fully saturated rings. The summed E-state index contributed by atoms with van der Waals surface area (Å²) in [6, 6.07) is 13.7. The van der Waals surface area contributed by atoms with Gasteiger partial charge < -0.3 is 10.3 Å². The van der Waals surface area contributed by atoms with Crippen molar-refractivity contribution in [2.24, 2.45) is 5.73 Å². The highest BCUT2D eigenvalue weighted by Gasteiger charge is 2.34. The van der Waals surface area contributed by atoms with Gasteiger partial charge in [0.15, 0.2) is 0 Å². The lowest BCUT2D eigenvalue weighted by molar-refractivity contribution is -0.138. The number of aromatic nitrogens is 1. The van der Waals surface area contributed by atoms with Gasteiger partial charge in [-0.2, -0.15) is 13.2 Å². The summed E-state index contributed by atoms with van der Waals surface area (Å²) in [6.07, 6.45) is -0.753. The Morgan fingerprint density at radius 3 is 2.45 bits per heavy atom. The number of aryl methyl sites for hydroxylation is 1. The second kappa shape index (κ2) is 8.89. The highest BCUT2D eigenvalue weighted by Crippen LogP contribution is 2.37. The highest BCUT2D eigenvalue weighted by molar-refractivity contribution is 6.18. The monoisotopic (exact) mass is 456 g/mol. The number of nitrogens with two attached hydrogens (primary N) is 1. The molecule has 2 N–H and O–H groups in total. The van der Waals surface area contributed by atoms with Gasteiger partial charge in [-0.05, 0) is 48.7 Å². The minimum absolute atomic E-state index is 0.277. The predicted molar refractivity (Wildman–Crippen MR) is 122 cm³/mol. The molecule has 172 valence electrons. The minimum atomic E-state index is -4.69. The number of amides is 1. The van der Waals surface area contributed by atoms with E-state index in [2.05, 4.69) is 6.92 Å². The van der Waals surface area contributed by atoms with Crippen molar-refractivity contribution in [2.45, 2.75) is 45.3 Å². The summed E-state index contributed by atoms with van der Waals surface area (Å²) in [6.45, 7) is 1.78. The van der Waals surface area contributed by atoms with Crippen molar-refractivity contribution in [1.82, 2.24) is 4.57 Å². The second-order valence-corrected chi connectivity index (χ2v) is 8.22. The maximum absolute atomic E-state index is 14.7. The molecule has 0 saturated heterocycles. The molecule has 0 aliphatic rings. The van der Waals surface area contributed by atoms with Crippen molar-refractivity contribution in [1.29, 1.82) is 0 Å². The largest absolute Gasteiger partial charge is 0.416 e. The Morgan fingerprint density at radius 1 is 1.00 bits per heavy atom. The van der Waals surface area contributed by atoms with Gasteiger partial charge in [-0.3, -0.25) is 4.79 Å². The van der Waals surface area contributed by atoms with Gasteiger partial charge in [-0.15, -0.1) is 0 Å². The average molecular weight is 456 g/mol. The van der Waals surface area contributed by atoms with Crippen LogP contribution in [0, 0.1) is 5.82 Å². The lowest BCUT2D eigenvalue weighted by atomic mass is 10.0. The quantitative estimate of drug-likeness (QED) is 0.240. The van der Waals surface area contributed by atoms with E-state index in [0.717, 1.165) is 49.4 Å². The molecule has 7 heteroatoms. The lowest BCUT2D eigenvalue weighted by Gasteiger charge is -2.16. The number of halogens is 4. The first-order valence-electron chi connectivity index (χ1n) is 10.9. The Hall–Kier alpha value is -3.35.